The van der Waals surface area contributed by atoms with Gasteiger partial charge < -0.3 is 11.1 Å². The second-order valence-corrected chi connectivity index (χ2v) is 11.9. The molecular weight excluding hydrogens is 560 g/mol. The number of rotatable bonds is 8. The number of nitriles is 2. The third-order valence-corrected chi connectivity index (χ3v) is 8.21. The summed E-state index contributed by atoms with van der Waals surface area (Å²) in [6.45, 7) is 5.10. The number of thioether (sulfide) groups is 1. The summed E-state index contributed by atoms with van der Waals surface area (Å²) in [5.41, 5.74) is 8.88. The Morgan fingerprint density at radius 1 is 0.951 bits per heavy atom. The number of nitrogens with zero attached hydrogens (tertiary/aromatic N) is 5. The van der Waals surface area contributed by atoms with Crippen molar-refractivity contribution in [3.8, 4) is 23.3 Å². The number of aryl methyl sites for hydroxylation is 2. The second kappa shape index (κ2) is 12.0. The largest absolute Gasteiger partial charge is 0.383 e. The molecule has 0 aliphatic rings. The summed E-state index contributed by atoms with van der Waals surface area (Å²) in [4.78, 5) is 25.4. The number of hydrogen-bond acceptors (Lipinski definition) is 10. The molecule has 2 aromatic heterocycles. The minimum Gasteiger partial charge on any atom is -0.383 e. The van der Waals surface area contributed by atoms with Crippen LogP contribution in [0, 0.1) is 36.5 Å². The molecule has 1 unspecified atom stereocenters. The van der Waals surface area contributed by atoms with Crippen LogP contribution in [0.25, 0.3) is 11.1 Å². The number of pyridine rings is 1. The van der Waals surface area contributed by atoms with Gasteiger partial charge in [-0.25, -0.2) is 28.1 Å². The normalized spacial score (nSPS) is 11.6. The molecule has 0 fully saturated rings. The van der Waals surface area contributed by atoms with Crippen LogP contribution in [-0.4, -0.2) is 34.5 Å². The van der Waals surface area contributed by atoms with Crippen molar-refractivity contribution in [2.24, 2.45) is 0 Å². The fraction of sp³-hybridized carbons (Fsp3) is 0.143. The Kier molecular flexibility index (Phi) is 8.52. The molecule has 0 radical (unpaired) electrons. The Morgan fingerprint density at radius 2 is 1.56 bits per heavy atom. The van der Waals surface area contributed by atoms with Crippen molar-refractivity contribution < 1.29 is 13.2 Å². The summed E-state index contributed by atoms with van der Waals surface area (Å²) in [7, 11) is -3.96. The first-order valence-corrected chi connectivity index (χ1v) is 14.5. The molecule has 0 saturated carbocycles. The van der Waals surface area contributed by atoms with Crippen molar-refractivity contribution in [1.82, 2.24) is 15.0 Å². The highest BCUT2D eigenvalue weighted by molar-refractivity contribution is 8.00. The van der Waals surface area contributed by atoms with Gasteiger partial charge in [-0.2, -0.15) is 10.5 Å². The van der Waals surface area contributed by atoms with Gasteiger partial charge in [-0.05, 0) is 56.7 Å². The van der Waals surface area contributed by atoms with Crippen LogP contribution < -0.4 is 15.8 Å². The van der Waals surface area contributed by atoms with Crippen molar-refractivity contribution in [3.63, 3.8) is 0 Å². The van der Waals surface area contributed by atoms with Crippen molar-refractivity contribution in [2.45, 2.75) is 35.9 Å². The van der Waals surface area contributed by atoms with Gasteiger partial charge in [0.2, 0.25) is 11.9 Å². The van der Waals surface area contributed by atoms with E-state index in [4.69, 9.17) is 5.73 Å². The van der Waals surface area contributed by atoms with E-state index in [0.717, 1.165) is 11.8 Å². The van der Waals surface area contributed by atoms with E-state index in [1.165, 1.54) is 24.3 Å². The first-order valence-electron chi connectivity index (χ1n) is 12.1. The lowest BCUT2D eigenvalue weighted by Crippen LogP contribution is -2.23. The third kappa shape index (κ3) is 6.61. The van der Waals surface area contributed by atoms with Crippen LogP contribution in [0.5, 0.6) is 0 Å². The Morgan fingerprint density at radius 3 is 2.15 bits per heavy atom. The summed E-state index contributed by atoms with van der Waals surface area (Å²) in [5, 5.41) is 21.8. The highest BCUT2D eigenvalue weighted by Crippen LogP contribution is 2.37. The van der Waals surface area contributed by atoms with E-state index in [1.54, 1.807) is 51.1 Å². The average Bonchev–Trinajstić information content (AvgIpc) is 2.92. The van der Waals surface area contributed by atoms with Gasteiger partial charge in [0.25, 0.3) is 10.0 Å². The van der Waals surface area contributed by atoms with Crippen LogP contribution in [0.1, 0.15) is 29.4 Å². The second-order valence-electron chi connectivity index (χ2n) is 8.87. The van der Waals surface area contributed by atoms with Gasteiger partial charge in [0.1, 0.15) is 28.5 Å². The van der Waals surface area contributed by atoms with Gasteiger partial charge in [-0.1, -0.05) is 42.1 Å². The van der Waals surface area contributed by atoms with Crippen molar-refractivity contribution >= 4 is 45.1 Å². The highest BCUT2D eigenvalue weighted by Gasteiger charge is 2.24. The lowest BCUT2D eigenvalue weighted by atomic mass is 9.97. The van der Waals surface area contributed by atoms with Crippen molar-refractivity contribution in [1.29, 1.82) is 10.5 Å². The zero-order valence-corrected chi connectivity index (χ0v) is 23.8. The third-order valence-electron chi connectivity index (χ3n) is 5.78. The standard InChI is InChI=1S/C28H24N8O3S2/c1-16-13-17(2)33-28(32-16)36-41(38,39)21-11-9-20(10-12-21)34-26(37)18(3)40-27-23(15-30)24(19-7-5-4-6-8-19)22(14-29)25(31)35-27/h4-13,18H,1-3H3,(H2,31,35)(H,34,37)(H,32,33,36). The van der Waals surface area contributed by atoms with E-state index in [2.05, 4.69) is 31.1 Å². The Bertz CT molecular complexity index is 1790. The van der Waals surface area contributed by atoms with Gasteiger partial charge in [-0.3, -0.25) is 4.79 Å². The predicted molar refractivity (Wildman–Crippen MR) is 156 cm³/mol. The summed E-state index contributed by atoms with van der Waals surface area (Å²) >= 11 is 1.02. The predicted octanol–water partition coefficient (Wildman–Crippen LogP) is 4.40. The van der Waals surface area contributed by atoms with Crippen LogP contribution in [0.2, 0.25) is 0 Å². The van der Waals surface area contributed by atoms with Crippen LogP contribution in [0.15, 0.2) is 70.6 Å². The molecule has 4 rings (SSSR count). The fourth-order valence-corrected chi connectivity index (χ4v) is 5.77. The highest BCUT2D eigenvalue weighted by atomic mass is 32.2. The van der Waals surface area contributed by atoms with E-state index >= 15 is 0 Å². The zero-order chi connectivity index (χ0) is 29.7. The number of nitrogens with one attached hydrogen (secondary N) is 2. The van der Waals surface area contributed by atoms with Crippen molar-refractivity contribution in [3.05, 3.63) is 83.2 Å². The molecular formula is C28H24N8O3S2. The number of nitrogens with two attached hydrogens (primary N) is 1. The molecule has 4 N–H and O–H groups in total. The molecule has 0 saturated heterocycles. The van der Waals surface area contributed by atoms with E-state index in [9.17, 15) is 23.7 Å². The number of carbonyl (C=O) groups excluding carboxylic acids is 1. The molecule has 0 aliphatic carbocycles. The molecule has 13 heteroatoms. The maximum atomic E-state index is 13.0. The van der Waals surface area contributed by atoms with Gasteiger partial charge in [-0.15, -0.1) is 0 Å². The lowest BCUT2D eigenvalue weighted by Gasteiger charge is -2.16. The summed E-state index contributed by atoms with van der Waals surface area (Å²) in [6.07, 6.45) is 0. The van der Waals surface area contributed by atoms with E-state index < -0.39 is 21.2 Å². The van der Waals surface area contributed by atoms with E-state index in [-0.39, 0.29) is 32.8 Å². The molecule has 11 nitrogen and oxygen atoms in total. The maximum Gasteiger partial charge on any atom is 0.264 e. The van der Waals surface area contributed by atoms with Gasteiger partial charge in [0, 0.05) is 22.6 Å². The molecule has 206 valence electrons. The Hall–Kier alpha value is -4.98. The topological polar surface area (TPSA) is 188 Å². The molecule has 41 heavy (non-hydrogen) atoms. The van der Waals surface area contributed by atoms with Crippen molar-refractivity contribution in [2.75, 3.05) is 15.8 Å². The molecule has 1 amide bonds. The summed E-state index contributed by atoms with van der Waals surface area (Å²) in [6, 6.07) is 20.4. The SMILES string of the molecule is Cc1cc(C)nc(NS(=O)(=O)c2ccc(NC(=O)C(C)Sc3nc(N)c(C#N)c(-c4ccccc4)c3C#N)cc2)n1. The summed E-state index contributed by atoms with van der Waals surface area (Å²) in [5.74, 6) is -0.491. The smallest absolute Gasteiger partial charge is 0.264 e. The molecule has 2 aromatic carbocycles. The van der Waals surface area contributed by atoms with E-state index in [0.29, 0.717) is 28.2 Å². The number of carbonyl (C=O) groups is 1. The molecule has 4 aromatic rings. The van der Waals surface area contributed by atoms with Gasteiger partial charge in [0.05, 0.1) is 15.7 Å². The quantitative estimate of drug-likeness (QED) is 0.250. The summed E-state index contributed by atoms with van der Waals surface area (Å²) < 4.78 is 27.9. The molecule has 1 atom stereocenters. The molecule has 0 spiro atoms. The molecule has 0 bridgehead atoms. The first-order chi connectivity index (χ1) is 19.5. The van der Waals surface area contributed by atoms with Gasteiger partial charge in [0.15, 0.2) is 0 Å². The Balaban J connectivity index is 1.51. The number of amides is 1. The number of sulfonamides is 1. The molecule has 2 heterocycles. The number of nitrogen functional groups attached to an aromatic ring is 1. The lowest BCUT2D eigenvalue weighted by molar-refractivity contribution is -0.115. The minimum absolute atomic E-state index is 0.0325. The minimum atomic E-state index is -3.96. The average molecular weight is 585 g/mol. The molecule has 0 aliphatic heterocycles. The van der Waals surface area contributed by atoms with Crippen LogP contribution in [-0.2, 0) is 14.8 Å². The van der Waals surface area contributed by atoms with Crippen LogP contribution in [0.4, 0.5) is 17.5 Å². The van der Waals surface area contributed by atoms with Crippen LogP contribution >= 0.6 is 11.8 Å². The van der Waals surface area contributed by atoms with Crippen LogP contribution in [0.3, 0.4) is 0 Å². The number of benzene rings is 2. The number of hydrogen-bond donors (Lipinski definition) is 3. The number of aromatic nitrogens is 3. The Labute approximate surface area is 241 Å². The monoisotopic (exact) mass is 584 g/mol. The zero-order valence-electron chi connectivity index (χ0n) is 22.2. The fourth-order valence-electron chi connectivity index (χ4n) is 3.91. The maximum absolute atomic E-state index is 13.0. The number of anilines is 3. The van der Waals surface area contributed by atoms with Gasteiger partial charge >= 0.3 is 0 Å². The first kappa shape index (κ1) is 29.0. The van der Waals surface area contributed by atoms with E-state index in [1.807, 2.05) is 12.1 Å².